The van der Waals surface area contributed by atoms with Crippen molar-refractivity contribution >= 4 is 11.9 Å². The molecule has 3 aliphatic rings. The molecule has 0 bridgehead atoms. The minimum atomic E-state index is -0.841. The minimum absolute atomic E-state index is 0.0109. The molecular weight excluding hydrogens is 322 g/mol. The zero-order chi connectivity index (χ0) is 17.4. The van der Waals surface area contributed by atoms with Crippen molar-refractivity contribution in [2.75, 3.05) is 19.8 Å². The van der Waals surface area contributed by atoms with Gasteiger partial charge in [0.25, 0.3) is 0 Å². The molecule has 134 valence electrons. The molecule has 4 rings (SSSR count). The largest absolute Gasteiger partial charge is 0.493 e. The van der Waals surface area contributed by atoms with Gasteiger partial charge >= 0.3 is 5.97 Å². The molecule has 1 aromatic carbocycles. The third-order valence-corrected chi connectivity index (χ3v) is 5.50. The molecule has 1 amide bonds. The molecule has 0 aliphatic carbocycles. The molecule has 1 aromatic rings. The van der Waals surface area contributed by atoms with Crippen LogP contribution in [0.5, 0.6) is 5.75 Å². The Kier molecular flexibility index (Phi) is 4.37. The van der Waals surface area contributed by atoms with E-state index in [0.717, 1.165) is 42.7 Å². The van der Waals surface area contributed by atoms with Crippen LogP contribution in [0.2, 0.25) is 0 Å². The molecule has 3 atom stereocenters. The van der Waals surface area contributed by atoms with E-state index in [-0.39, 0.29) is 18.4 Å². The predicted molar refractivity (Wildman–Crippen MR) is 89.4 cm³/mol. The second-order valence-corrected chi connectivity index (χ2v) is 7.07. The Morgan fingerprint density at radius 1 is 1.24 bits per heavy atom. The molecule has 0 unspecified atom stereocenters. The molecule has 2 saturated heterocycles. The molecule has 0 aromatic heterocycles. The molecule has 0 radical (unpaired) electrons. The number of hydrogen-bond acceptors (Lipinski definition) is 4. The maximum atomic E-state index is 12.6. The summed E-state index contributed by atoms with van der Waals surface area (Å²) in [5, 5.41) is 9.73. The van der Waals surface area contributed by atoms with Gasteiger partial charge in [-0.3, -0.25) is 9.59 Å². The van der Waals surface area contributed by atoms with E-state index in [1.165, 1.54) is 0 Å². The van der Waals surface area contributed by atoms with Crippen LogP contribution in [0.3, 0.4) is 0 Å². The summed E-state index contributed by atoms with van der Waals surface area (Å²) in [7, 11) is 0. The van der Waals surface area contributed by atoms with Crippen LogP contribution in [0.1, 0.15) is 42.9 Å². The van der Waals surface area contributed by atoms with Crippen molar-refractivity contribution in [1.29, 1.82) is 0 Å². The van der Waals surface area contributed by atoms with Gasteiger partial charge in [0.05, 0.1) is 24.7 Å². The number of rotatable bonds is 4. The number of carbonyl (C=O) groups excluding carboxylic acids is 1. The van der Waals surface area contributed by atoms with Crippen molar-refractivity contribution in [3.63, 3.8) is 0 Å². The molecule has 1 N–H and O–H groups in total. The van der Waals surface area contributed by atoms with E-state index in [4.69, 9.17) is 9.47 Å². The fourth-order valence-corrected chi connectivity index (χ4v) is 4.24. The van der Waals surface area contributed by atoms with E-state index in [1.54, 1.807) is 4.90 Å². The smallest absolute Gasteiger partial charge is 0.308 e. The Bertz CT molecular complexity index is 682. The summed E-state index contributed by atoms with van der Waals surface area (Å²) in [6, 6.07) is 5.39. The molecule has 0 spiro atoms. The number of fused-ring (bicyclic) bond motifs is 1. The lowest BCUT2D eigenvalue weighted by molar-refractivity contribution is -0.153. The molecule has 25 heavy (non-hydrogen) atoms. The number of benzene rings is 1. The highest BCUT2D eigenvalue weighted by Gasteiger charge is 2.42. The summed E-state index contributed by atoms with van der Waals surface area (Å²) >= 11 is 0. The molecule has 2 fully saturated rings. The zero-order valence-corrected chi connectivity index (χ0v) is 14.1. The molecule has 6 nitrogen and oxygen atoms in total. The first-order valence-electron chi connectivity index (χ1n) is 9.03. The summed E-state index contributed by atoms with van der Waals surface area (Å²) in [6.07, 6.45) is 3.43. The van der Waals surface area contributed by atoms with Crippen molar-refractivity contribution < 1.29 is 24.2 Å². The number of carboxylic acid groups (broad SMARTS) is 1. The van der Waals surface area contributed by atoms with Crippen LogP contribution < -0.4 is 4.74 Å². The maximum absolute atomic E-state index is 12.6. The number of ether oxygens (including phenoxy) is 2. The summed E-state index contributed by atoms with van der Waals surface area (Å²) in [5.74, 6) is -0.538. The SMILES string of the molecule is O=C(O)[C@@H]1CCC(=O)N(C[C@H]2CCCO2)[C@@H]1c1ccc2c(c1)CCO2. The highest BCUT2D eigenvalue weighted by molar-refractivity contribution is 5.82. The second-order valence-electron chi connectivity index (χ2n) is 7.07. The van der Waals surface area contributed by atoms with Crippen molar-refractivity contribution in [2.24, 2.45) is 5.92 Å². The number of aliphatic carboxylic acids is 1. The minimum Gasteiger partial charge on any atom is -0.493 e. The first kappa shape index (κ1) is 16.4. The number of piperidine rings is 1. The molecule has 3 heterocycles. The highest BCUT2D eigenvalue weighted by atomic mass is 16.5. The van der Waals surface area contributed by atoms with Crippen LogP contribution >= 0.6 is 0 Å². The number of carbonyl (C=O) groups is 2. The summed E-state index contributed by atoms with van der Waals surface area (Å²) in [4.78, 5) is 26.2. The maximum Gasteiger partial charge on any atom is 0.308 e. The summed E-state index contributed by atoms with van der Waals surface area (Å²) < 4.78 is 11.3. The zero-order valence-electron chi connectivity index (χ0n) is 14.1. The van der Waals surface area contributed by atoms with Crippen molar-refractivity contribution in [3.8, 4) is 5.75 Å². The third-order valence-electron chi connectivity index (χ3n) is 5.50. The lowest BCUT2D eigenvalue weighted by Crippen LogP contribution is -2.48. The number of likely N-dealkylation sites (tertiary alicyclic amines) is 1. The fourth-order valence-electron chi connectivity index (χ4n) is 4.24. The van der Waals surface area contributed by atoms with Crippen LogP contribution in [0.25, 0.3) is 0 Å². The van der Waals surface area contributed by atoms with E-state index in [2.05, 4.69) is 0 Å². The molecular formula is C19H23NO5. The Morgan fingerprint density at radius 3 is 2.88 bits per heavy atom. The van der Waals surface area contributed by atoms with Crippen molar-refractivity contribution in [1.82, 2.24) is 4.90 Å². The topological polar surface area (TPSA) is 76.1 Å². The van der Waals surface area contributed by atoms with Gasteiger partial charge < -0.3 is 19.5 Å². The van der Waals surface area contributed by atoms with Crippen LogP contribution in [0, 0.1) is 5.92 Å². The van der Waals surface area contributed by atoms with Crippen LogP contribution in [0.4, 0.5) is 0 Å². The average Bonchev–Trinajstić information content (AvgIpc) is 3.26. The van der Waals surface area contributed by atoms with Gasteiger partial charge in [-0.15, -0.1) is 0 Å². The van der Waals surface area contributed by atoms with E-state index in [9.17, 15) is 14.7 Å². The van der Waals surface area contributed by atoms with Gasteiger partial charge in [0.2, 0.25) is 5.91 Å². The Labute approximate surface area is 146 Å². The van der Waals surface area contributed by atoms with Gasteiger partial charge in [0.1, 0.15) is 5.75 Å². The first-order chi connectivity index (χ1) is 12.1. The Morgan fingerprint density at radius 2 is 2.12 bits per heavy atom. The van der Waals surface area contributed by atoms with Gasteiger partial charge in [-0.2, -0.15) is 0 Å². The number of carboxylic acids is 1. The number of amides is 1. The normalized spacial score (nSPS) is 28.7. The van der Waals surface area contributed by atoms with Crippen molar-refractivity contribution in [2.45, 2.75) is 44.2 Å². The van der Waals surface area contributed by atoms with Gasteiger partial charge in [-0.25, -0.2) is 0 Å². The highest BCUT2D eigenvalue weighted by Crippen LogP contribution is 2.39. The third kappa shape index (κ3) is 3.11. The van der Waals surface area contributed by atoms with E-state index in [0.29, 0.717) is 19.6 Å². The number of nitrogens with zero attached hydrogens (tertiary/aromatic N) is 1. The second kappa shape index (κ2) is 6.67. The van der Waals surface area contributed by atoms with Gasteiger partial charge in [-0.05, 0) is 42.5 Å². The lowest BCUT2D eigenvalue weighted by atomic mass is 9.83. The van der Waals surface area contributed by atoms with E-state index < -0.39 is 17.9 Å². The predicted octanol–water partition coefficient (Wildman–Crippen LogP) is 2.16. The van der Waals surface area contributed by atoms with Crippen LogP contribution in [-0.4, -0.2) is 47.7 Å². The Balaban J connectivity index is 1.68. The van der Waals surface area contributed by atoms with Gasteiger partial charge in [0.15, 0.2) is 0 Å². The van der Waals surface area contributed by atoms with Crippen LogP contribution in [0.15, 0.2) is 18.2 Å². The average molecular weight is 345 g/mol. The molecule has 0 saturated carbocycles. The standard InChI is InChI=1S/C19H23NO5/c21-17-6-4-15(19(22)23)18(20(17)11-14-2-1-8-24-14)13-3-5-16-12(10-13)7-9-25-16/h3,5,10,14-15,18H,1-2,4,6-9,11H2,(H,22,23)/t14-,15-,18-/m1/s1. The van der Waals surface area contributed by atoms with Gasteiger partial charge in [-0.1, -0.05) is 6.07 Å². The number of hydrogen-bond donors (Lipinski definition) is 1. The molecule has 6 heteroatoms. The fraction of sp³-hybridized carbons (Fsp3) is 0.579. The monoisotopic (exact) mass is 345 g/mol. The summed E-state index contributed by atoms with van der Waals surface area (Å²) in [5.41, 5.74) is 1.99. The van der Waals surface area contributed by atoms with Crippen LogP contribution in [-0.2, 0) is 20.7 Å². The Hall–Kier alpha value is -2.08. The van der Waals surface area contributed by atoms with Crippen molar-refractivity contribution in [3.05, 3.63) is 29.3 Å². The van der Waals surface area contributed by atoms with Gasteiger partial charge in [0, 0.05) is 26.0 Å². The van der Waals surface area contributed by atoms with E-state index in [1.807, 2.05) is 18.2 Å². The lowest BCUT2D eigenvalue weighted by Gasteiger charge is -2.41. The van der Waals surface area contributed by atoms with E-state index >= 15 is 0 Å². The summed E-state index contributed by atoms with van der Waals surface area (Å²) in [6.45, 7) is 1.85. The first-order valence-corrected chi connectivity index (χ1v) is 9.03. The molecule has 3 aliphatic heterocycles. The quantitative estimate of drug-likeness (QED) is 0.905.